The Morgan fingerprint density at radius 3 is 2.12 bits per heavy atom. The molecule has 0 amide bonds. The summed E-state index contributed by atoms with van der Waals surface area (Å²) in [5.74, 6) is 0. The van der Waals surface area contributed by atoms with Gasteiger partial charge in [-0.3, -0.25) is 0 Å². The molecule has 0 saturated carbocycles. The molecule has 0 spiro atoms. The maximum atomic E-state index is 9.53. The van der Waals surface area contributed by atoms with Crippen molar-refractivity contribution in [3.63, 3.8) is 0 Å². The SMILES string of the molecule is CC.CC.O[C@@H]1C=Cc2ccccc2[C@@H]1O. The summed E-state index contributed by atoms with van der Waals surface area (Å²) in [6.07, 6.45) is 1.89. The summed E-state index contributed by atoms with van der Waals surface area (Å²) in [5.41, 5.74) is 1.78. The topological polar surface area (TPSA) is 40.5 Å². The summed E-state index contributed by atoms with van der Waals surface area (Å²) in [7, 11) is 0. The molecule has 1 aromatic rings. The molecule has 2 atom stereocenters. The van der Waals surface area contributed by atoms with Crippen LogP contribution in [-0.4, -0.2) is 16.3 Å². The van der Waals surface area contributed by atoms with E-state index in [-0.39, 0.29) is 0 Å². The maximum Gasteiger partial charge on any atom is 0.109 e. The van der Waals surface area contributed by atoms with Crippen LogP contribution in [-0.2, 0) is 0 Å². The lowest BCUT2D eigenvalue weighted by atomic mass is 9.93. The van der Waals surface area contributed by atoms with Crippen LogP contribution in [0.3, 0.4) is 0 Å². The van der Waals surface area contributed by atoms with Gasteiger partial charge in [0.2, 0.25) is 0 Å². The molecule has 0 bridgehead atoms. The summed E-state index contributed by atoms with van der Waals surface area (Å²) in [4.78, 5) is 0. The van der Waals surface area contributed by atoms with E-state index in [1.54, 1.807) is 6.08 Å². The van der Waals surface area contributed by atoms with Crippen molar-refractivity contribution >= 4 is 6.08 Å². The second kappa shape index (κ2) is 8.08. The van der Waals surface area contributed by atoms with Crippen molar-refractivity contribution in [2.24, 2.45) is 0 Å². The minimum Gasteiger partial charge on any atom is -0.386 e. The quantitative estimate of drug-likeness (QED) is 0.708. The van der Waals surface area contributed by atoms with Crippen LogP contribution in [0.25, 0.3) is 6.08 Å². The van der Waals surface area contributed by atoms with Crippen LogP contribution in [0.4, 0.5) is 0 Å². The van der Waals surface area contributed by atoms with E-state index in [0.29, 0.717) is 0 Å². The summed E-state index contributed by atoms with van der Waals surface area (Å²) in [5, 5.41) is 18.8. The van der Waals surface area contributed by atoms with Gasteiger partial charge >= 0.3 is 0 Å². The minimum absolute atomic E-state index is 0.764. The van der Waals surface area contributed by atoms with Gasteiger partial charge in [-0.1, -0.05) is 64.1 Å². The summed E-state index contributed by atoms with van der Waals surface area (Å²) >= 11 is 0. The van der Waals surface area contributed by atoms with Crippen LogP contribution in [0.15, 0.2) is 30.3 Å². The second-order valence-corrected chi connectivity index (χ2v) is 2.92. The average Bonchev–Trinajstić information content (AvgIpc) is 2.39. The molecule has 0 aliphatic heterocycles. The number of benzene rings is 1. The third kappa shape index (κ3) is 3.47. The monoisotopic (exact) mass is 222 g/mol. The van der Waals surface area contributed by atoms with Gasteiger partial charge in [-0.05, 0) is 11.1 Å². The van der Waals surface area contributed by atoms with Gasteiger partial charge in [0.25, 0.3) is 0 Å². The highest BCUT2D eigenvalue weighted by Crippen LogP contribution is 2.27. The Kier molecular flexibility index (Phi) is 7.52. The van der Waals surface area contributed by atoms with Gasteiger partial charge in [-0.25, -0.2) is 0 Å². The molecule has 1 aliphatic carbocycles. The zero-order valence-corrected chi connectivity index (χ0v) is 10.5. The first-order valence-corrected chi connectivity index (χ1v) is 5.92. The zero-order chi connectivity index (χ0) is 12.6. The fraction of sp³-hybridized carbons (Fsp3) is 0.429. The predicted molar refractivity (Wildman–Crippen MR) is 69.1 cm³/mol. The maximum absolute atomic E-state index is 9.53. The van der Waals surface area contributed by atoms with Crippen LogP contribution in [0, 0.1) is 0 Å². The average molecular weight is 222 g/mol. The van der Waals surface area contributed by atoms with Crippen LogP contribution in [0.2, 0.25) is 0 Å². The van der Waals surface area contributed by atoms with Gasteiger partial charge in [0, 0.05) is 0 Å². The van der Waals surface area contributed by atoms with Crippen molar-refractivity contribution in [3.8, 4) is 0 Å². The molecule has 90 valence electrons. The Morgan fingerprint density at radius 2 is 1.50 bits per heavy atom. The van der Waals surface area contributed by atoms with Gasteiger partial charge in [-0.2, -0.15) is 0 Å². The van der Waals surface area contributed by atoms with E-state index in [1.807, 2.05) is 58.0 Å². The molecule has 2 N–H and O–H groups in total. The number of aliphatic hydroxyl groups is 2. The Hall–Kier alpha value is -1.12. The number of aliphatic hydroxyl groups excluding tert-OH is 2. The first kappa shape index (κ1) is 14.9. The molecular weight excluding hydrogens is 200 g/mol. The molecule has 0 heterocycles. The molecule has 0 fully saturated rings. The molecule has 0 saturated heterocycles. The Balaban J connectivity index is 0.000000509. The number of fused-ring (bicyclic) bond motifs is 1. The molecule has 0 aromatic heterocycles. The van der Waals surface area contributed by atoms with E-state index in [1.165, 1.54) is 0 Å². The van der Waals surface area contributed by atoms with Gasteiger partial charge < -0.3 is 10.2 Å². The fourth-order valence-corrected chi connectivity index (χ4v) is 1.42. The van der Waals surface area contributed by atoms with Crippen molar-refractivity contribution < 1.29 is 10.2 Å². The second-order valence-electron chi connectivity index (χ2n) is 2.92. The lowest BCUT2D eigenvalue weighted by molar-refractivity contribution is 0.0470. The molecule has 1 aromatic carbocycles. The largest absolute Gasteiger partial charge is 0.386 e. The highest BCUT2D eigenvalue weighted by molar-refractivity contribution is 5.58. The first-order valence-electron chi connectivity index (χ1n) is 5.92. The molecule has 16 heavy (non-hydrogen) atoms. The normalized spacial score (nSPS) is 20.9. The number of hydrogen-bond donors (Lipinski definition) is 2. The molecule has 2 nitrogen and oxygen atoms in total. The third-order valence-corrected chi connectivity index (χ3v) is 2.11. The lowest BCUT2D eigenvalue weighted by Gasteiger charge is -2.21. The van der Waals surface area contributed by atoms with Crippen LogP contribution >= 0.6 is 0 Å². The Bertz CT molecular complexity index is 318. The third-order valence-electron chi connectivity index (χ3n) is 2.11. The standard InChI is InChI=1S/C10H10O2.2C2H6/c11-9-6-5-7-3-1-2-4-8(7)10(9)12;2*1-2/h1-6,9-12H;2*1-2H3/t9-,10+;;/m1../s1. The first-order chi connectivity index (χ1) is 7.79. The molecule has 2 rings (SSSR count). The minimum atomic E-state index is -0.772. The molecule has 1 aliphatic rings. The van der Waals surface area contributed by atoms with E-state index < -0.39 is 12.2 Å². The van der Waals surface area contributed by atoms with Crippen molar-refractivity contribution in [2.75, 3.05) is 0 Å². The number of rotatable bonds is 0. The summed E-state index contributed by atoms with van der Waals surface area (Å²) in [6.45, 7) is 8.00. The summed E-state index contributed by atoms with van der Waals surface area (Å²) in [6, 6.07) is 7.51. The Labute approximate surface area is 98.3 Å². The van der Waals surface area contributed by atoms with Crippen molar-refractivity contribution in [1.82, 2.24) is 0 Å². The molecule has 0 radical (unpaired) electrons. The smallest absolute Gasteiger partial charge is 0.109 e. The van der Waals surface area contributed by atoms with Crippen LogP contribution in [0.5, 0.6) is 0 Å². The van der Waals surface area contributed by atoms with Gasteiger partial charge in [0.1, 0.15) is 12.2 Å². The lowest BCUT2D eigenvalue weighted by Crippen LogP contribution is -2.19. The zero-order valence-electron chi connectivity index (χ0n) is 10.5. The van der Waals surface area contributed by atoms with E-state index in [4.69, 9.17) is 0 Å². The fourth-order valence-electron chi connectivity index (χ4n) is 1.42. The van der Waals surface area contributed by atoms with Crippen molar-refractivity contribution in [1.29, 1.82) is 0 Å². The number of hydrogen-bond acceptors (Lipinski definition) is 2. The van der Waals surface area contributed by atoms with Crippen LogP contribution in [0.1, 0.15) is 44.9 Å². The van der Waals surface area contributed by atoms with Gasteiger partial charge in [0.15, 0.2) is 0 Å². The molecular formula is C14H22O2. The van der Waals surface area contributed by atoms with E-state index in [0.717, 1.165) is 11.1 Å². The van der Waals surface area contributed by atoms with Crippen molar-refractivity contribution in [2.45, 2.75) is 39.9 Å². The predicted octanol–water partition coefficient (Wildman–Crippen LogP) is 3.16. The highest BCUT2D eigenvalue weighted by Gasteiger charge is 2.20. The van der Waals surface area contributed by atoms with E-state index in [9.17, 15) is 10.2 Å². The van der Waals surface area contributed by atoms with Crippen LogP contribution < -0.4 is 0 Å². The van der Waals surface area contributed by atoms with E-state index >= 15 is 0 Å². The Morgan fingerprint density at radius 1 is 0.938 bits per heavy atom. The van der Waals surface area contributed by atoms with Gasteiger partial charge in [-0.15, -0.1) is 0 Å². The molecule has 2 heteroatoms. The van der Waals surface area contributed by atoms with Crippen molar-refractivity contribution in [3.05, 3.63) is 41.5 Å². The highest BCUT2D eigenvalue weighted by atomic mass is 16.3. The molecule has 0 unspecified atom stereocenters. The van der Waals surface area contributed by atoms with E-state index in [2.05, 4.69) is 0 Å². The van der Waals surface area contributed by atoms with Gasteiger partial charge in [0.05, 0.1) is 0 Å². The summed E-state index contributed by atoms with van der Waals surface area (Å²) < 4.78 is 0.